The van der Waals surface area contributed by atoms with Crippen molar-refractivity contribution in [1.29, 1.82) is 0 Å². The van der Waals surface area contributed by atoms with Crippen LogP contribution in [0.5, 0.6) is 0 Å². The summed E-state index contributed by atoms with van der Waals surface area (Å²) in [6.07, 6.45) is 7.15. The number of carbonyl (C=O) groups is 2. The van der Waals surface area contributed by atoms with Crippen LogP contribution in [0.4, 0.5) is 0 Å². The molecule has 2 bridgehead atoms. The lowest BCUT2D eigenvalue weighted by Gasteiger charge is -2.31. The van der Waals surface area contributed by atoms with Gasteiger partial charge in [0.1, 0.15) is 0 Å². The Labute approximate surface area is 125 Å². The van der Waals surface area contributed by atoms with E-state index in [4.69, 9.17) is 0 Å². The number of fused-ring (bicyclic) bond motifs is 2. The van der Waals surface area contributed by atoms with Crippen molar-refractivity contribution in [2.24, 2.45) is 23.7 Å². The summed E-state index contributed by atoms with van der Waals surface area (Å²) in [5, 5.41) is 9.45. The van der Waals surface area contributed by atoms with Crippen molar-refractivity contribution < 1.29 is 14.7 Å². The van der Waals surface area contributed by atoms with Gasteiger partial charge in [-0.05, 0) is 44.7 Å². The lowest BCUT2D eigenvalue weighted by atomic mass is 9.82. The fourth-order valence-electron chi connectivity index (χ4n) is 4.37. The molecule has 1 amide bonds. The van der Waals surface area contributed by atoms with E-state index in [0.29, 0.717) is 12.6 Å². The first-order chi connectivity index (χ1) is 9.99. The summed E-state index contributed by atoms with van der Waals surface area (Å²) < 4.78 is 0. The van der Waals surface area contributed by atoms with Crippen LogP contribution in [0.15, 0.2) is 12.2 Å². The third-order valence-electron chi connectivity index (χ3n) is 5.56. The molecule has 2 fully saturated rings. The van der Waals surface area contributed by atoms with Crippen molar-refractivity contribution in [2.45, 2.75) is 25.3 Å². The SMILES string of the molecule is CN(CC1CCCN1C)C(=O)[C@H]1C2C=CC(C2)[C@H]1C(=O)O. The lowest BCUT2D eigenvalue weighted by molar-refractivity contribution is -0.150. The fraction of sp³-hybridized carbons (Fsp3) is 0.750. The fourth-order valence-corrected chi connectivity index (χ4v) is 4.37. The third-order valence-corrected chi connectivity index (χ3v) is 5.56. The maximum Gasteiger partial charge on any atom is 0.307 e. The quantitative estimate of drug-likeness (QED) is 0.787. The molecular weight excluding hydrogens is 268 g/mol. The minimum absolute atomic E-state index is 0.0135. The number of amides is 1. The molecule has 5 nitrogen and oxygen atoms in total. The number of rotatable bonds is 4. The second kappa shape index (κ2) is 5.44. The predicted molar refractivity (Wildman–Crippen MR) is 78.6 cm³/mol. The predicted octanol–water partition coefficient (Wildman–Crippen LogP) is 1.06. The van der Waals surface area contributed by atoms with Crippen molar-refractivity contribution >= 4 is 11.9 Å². The number of hydrogen-bond acceptors (Lipinski definition) is 3. The van der Waals surface area contributed by atoms with Gasteiger partial charge >= 0.3 is 5.97 Å². The summed E-state index contributed by atoms with van der Waals surface area (Å²) in [6.45, 7) is 1.79. The highest BCUT2D eigenvalue weighted by Crippen LogP contribution is 2.48. The highest BCUT2D eigenvalue weighted by atomic mass is 16.4. The zero-order chi connectivity index (χ0) is 15.1. The Kier molecular flexibility index (Phi) is 3.78. The summed E-state index contributed by atoms with van der Waals surface area (Å²) in [7, 11) is 3.92. The summed E-state index contributed by atoms with van der Waals surface area (Å²) in [4.78, 5) is 28.3. The van der Waals surface area contributed by atoms with Crippen LogP contribution < -0.4 is 0 Å². The molecule has 1 saturated carbocycles. The van der Waals surface area contributed by atoms with Crippen molar-refractivity contribution in [3.8, 4) is 0 Å². The topological polar surface area (TPSA) is 60.9 Å². The van der Waals surface area contributed by atoms with Gasteiger partial charge in [0, 0.05) is 19.6 Å². The molecule has 1 N–H and O–H groups in total. The van der Waals surface area contributed by atoms with E-state index in [-0.39, 0.29) is 23.7 Å². The summed E-state index contributed by atoms with van der Waals surface area (Å²) >= 11 is 0. The maximum atomic E-state index is 12.8. The van der Waals surface area contributed by atoms with Crippen molar-refractivity contribution in [3.63, 3.8) is 0 Å². The standard InChI is InChI=1S/C16H24N2O3/c1-17-7-3-4-12(17)9-18(2)15(19)13-10-5-6-11(8-10)14(13)16(20)21/h5-6,10-14H,3-4,7-9H2,1-2H3,(H,20,21)/t10?,11?,12?,13-,14+/m0/s1. The number of likely N-dealkylation sites (tertiary alicyclic amines) is 1. The number of nitrogens with zero attached hydrogens (tertiary/aromatic N) is 2. The number of allylic oxidation sites excluding steroid dienone is 2. The first kappa shape index (κ1) is 14.6. The van der Waals surface area contributed by atoms with E-state index < -0.39 is 11.9 Å². The lowest BCUT2D eigenvalue weighted by Crippen LogP contribution is -2.45. The van der Waals surface area contributed by atoms with Gasteiger partial charge in [-0.1, -0.05) is 12.2 Å². The Morgan fingerprint density at radius 1 is 1.29 bits per heavy atom. The van der Waals surface area contributed by atoms with Crippen LogP contribution in [-0.2, 0) is 9.59 Å². The first-order valence-electron chi connectivity index (χ1n) is 7.85. The Balaban J connectivity index is 1.69. The number of carboxylic acids is 1. The Morgan fingerprint density at radius 2 is 1.95 bits per heavy atom. The van der Waals surface area contributed by atoms with Crippen LogP contribution in [0.25, 0.3) is 0 Å². The Bertz CT molecular complexity index is 476. The molecule has 0 radical (unpaired) electrons. The molecule has 1 saturated heterocycles. The molecule has 5 heteroatoms. The van der Waals surface area contributed by atoms with Crippen molar-refractivity contribution in [2.75, 3.05) is 27.2 Å². The second-order valence-corrected chi connectivity index (χ2v) is 6.83. The van der Waals surface area contributed by atoms with Crippen LogP contribution in [-0.4, -0.2) is 60.0 Å². The molecule has 3 rings (SSSR count). The van der Waals surface area contributed by atoms with Gasteiger partial charge < -0.3 is 14.9 Å². The Morgan fingerprint density at radius 3 is 2.52 bits per heavy atom. The van der Waals surface area contributed by atoms with E-state index in [9.17, 15) is 14.7 Å². The molecular formula is C16H24N2O3. The Hall–Kier alpha value is -1.36. The molecule has 21 heavy (non-hydrogen) atoms. The van der Waals surface area contributed by atoms with Gasteiger partial charge in [-0.3, -0.25) is 9.59 Å². The molecule has 1 aliphatic heterocycles. The van der Waals surface area contributed by atoms with Gasteiger partial charge in [-0.2, -0.15) is 0 Å². The maximum absolute atomic E-state index is 12.8. The minimum atomic E-state index is -0.823. The van der Waals surface area contributed by atoms with Crippen molar-refractivity contribution in [3.05, 3.63) is 12.2 Å². The van der Waals surface area contributed by atoms with Crippen LogP contribution in [0.2, 0.25) is 0 Å². The van der Waals surface area contributed by atoms with Gasteiger partial charge in [0.15, 0.2) is 0 Å². The molecule has 3 aliphatic rings. The molecule has 0 aromatic heterocycles. The minimum Gasteiger partial charge on any atom is -0.481 e. The normalized spacial score (nSPS) is 38.1. The van der Waals surface area contributed by atoms with Crippen molar-refractivity contribution in [1.82, 2.24) is 9.80 Å². The zero-order valence-corrected chi connectivity index (χ0v) is 12.7. The van der Waals surface area contributed by atoms with Gasteiger partial charge in [0.25, 0.3) is 0 Å². The van der Waals surface area contributed by atoms with E-state index in [0.717, 1.165) is 19.4 Å². The van der Waals surface area contributed by atoms with E-state index in [1.807, 2.05) is 19.2 Å². The number of aliphatic carboxylic acids is 1. The molecule has 0 spiro atoms. The highest BCUT2D eigenvalue weighted by Gasteiger charge is 2.52. The second-order valence-electron chi connectivity index (χ2n) is 6.83. The number of likely N-dealkylation sites (N-methyl/N-ethyl adjacent to an activating group) is 2. The van der Waals surface area contributed by atoms with Crippen LogP contribution in [0.1, 0.15) is 19.3 Å². The average molecular weight is 292 g/mol. The summed E-state index contributed by atoms with van der Waals surface area (Å²) in [5.74, 6) is -1.54. The average Bonchev–Trinajstić information content (AvgIpc) is 3.13. The number of hydrogen-bond donors (Lipinski definition) is 1. The van der Waals surface area contributed by atoms with E-state index in [1.165, 1.54) is 6.42 Å². The van der Waals surface area contributed by atoms with E-state index in [2.05, 4.69) is 11.9 Å². The van der Waals surface area contributed by atoms with Gasteiger partial charge in [0.2, 0.25) is 5.91 Å². The van der Waals surface area contributed by atoms with Crippen LogP contribution in [0.3, 0.4) is 0 Å². The smallest absolute Gasteiger partial charge is 0.307 e. The third kappa shape index (κ3) is 2.48. The molecule has 5 atom stereocenters. The van der Waals surface area contributed by atoms with E-state index in [1.54, 1.807) is 4.90 Å². The van der Waals surface area contributed by atoms with E-state index >= 15 is 0 Å². The summed E-state index contributed by atoms with van der Waals surface area (Å²) in [5.41, 5.74) is 0. The van der Waals surface area contributed by atoms with Gasteiger partial charge in [0.05, 0.1) is 11.8 Å². The number of carboxylic acid groups (broad SMARTS) is 1. The highest BCUT2D eigenvalue weighted by molar-refractivity contribution is 5.86. The van der Waals surface area contributed by atoms with Crippen LogP contribution >= 0.6 is 0 Å². The summed E-state index contributed by atoms with van der Waals surface area (Å²) in [6, 6.07) is 0.413. The first-order valence-corrected chi connectivity index (χ1v) is 7.85. The van der Waals surface area contributed by atoms with Gasteiger partial charge in [-0.25, -0.2) is 0 Å². The zero-order valence-electron chi connectivity index (χ0n) is 12.7. The molecule has 0 aromatic carbocycles. The molecule has 2 aliphatic carbocycles. The molecule has 3 unspecified atom stereocenters. The largest absolute Gasteiger partial charge is 0.481 e. The molecule has 1 heterocycles. The molecule has 116 valence electrons. The molecule has 0 aromatic rings. The monoisotopic (exact) mass is 292 g/mol. The van der Waals surface area contributed by atoms with Gasteiger partial charge in [-0.15, -0.1) is 0 Å². The van der Waals surface area contributed by atoms with Crippen LogP contribution in [0, 0.1) is 23.7 Å². The number of carbonyl (C=O) groups excluding carboxylic acids is 1.